The Hall–Kier alpha value is -2.52. The minimum Gasteiger partial charge on any atom is -0.310 e. The van der Waals surface area contributed by atoms with E-state index in [2.05, 4.69) is 31.5 Å². The number of nitrogens with one attached hydrogen (secondary N) is 3. The lowest BCUT2D eigenvalue weighted by molar-refractivity contribution is -0.117. The first-order chi connectivity index (χ1) is 14.5. The monoisotopic (exact) mass is 443 g/mol. The average Bonchev–Trinajstić information content (AvgIpc) is 3.34. The molecule has 0 spiro atoms. The molecule has 10 heteroatoms. The van der Waals surface area contributed by atoms with Crippen molar-refractivity contribution in [3.63, 3.8) is 0 Å². The number of aryl methyl sites for hydroxylation is 1. The van der Waals surface area contributed by atoms with E-state index in [0.717, 1.165) is 23.4 Å². The van der Waals surface area contributed by atoms with Crippen LogP contribution in [0.1, 0.15) is 35.2 Å². The number of halogens is 2. The normalized spacial score (nSPS) is 23.3. The summed E-state index contributed by atoms with van der Waals surface area (Å²) in [5, 5.41) is 16.6. The SMILES string of the molecule is Cc1nn(-c2ccc(Cl)nn2)c2c1C(C1CNNC1c1ccc(Cl)cc1)CC(=O)N2. The minimum atomic E-state index is -0.0441. The van der Waals surface area contributed by atoms with Crippen LogP contribution in [0.15, 0.2) is 36.4 Å². The molecule has 154 valence electrons. The zero-order valence-corrected chi connectivity index (χ0v) is 17.6. The van der Waals surface area contributed by atoms with Crippen LogP contribution in [0.4, 0.5) is 5.82 Å². The van der Waals surface area contributed by atoms with E-state index >= 15 is 0 Å². The lowest BCUT2D eigenvalue weighted by Crippen LogP contribution is -2.31. The van der Waals surface area contributed by atoms with Crippen LogP contribution in [0.25, 0.3) is 5.82 Å². The molecule has 2 aromatic heterocycles. The predicted molar refractivity (Wildman–Crippen MR) is 114 cm³/mol. The summed E-state index contributed by atoms with van der Waals surface area (Å²) < 4.78 is 1.63. The molecule has 30 heavy (non-hydrogen) atoms. The van der Waals surface area contributed by atoms with Gasteiger partial charge >= 0.3 is 0 Å². The number of benzene rings is 1. The van der Waals surface area contributed by atoms with Gasteiger partial charge in [0.2, 0.25) is 5.91 Å². The molecule has 0 saturated carbocycles. The Morgan fingerprint density at radius 1 is 1.10 bits per heavy atom. The fourth-order valence-electron chi connectivity index (χ4n) is 4.43. The van der Waals surface area contributed by atoms with Gasteiger partial charge in [-0.25, -0.2) is 5.43 Å². The number of hydrogen-bond donors (Lipinski definition) is 3. The minimum absolute atomic E-state index is 0.00839. The van der Waals surface area contributed by atoms with E-state index in [1.165, 1.54) is 0 Å². The van der Waals surface area contributed by atoms with Gasteiger partial charge in [0.25, 0.3) is 0 Å². The molecule has 3 aromatic rings. The van der Waals surface area contributed by atoms with Crippen LogP contribution >= 0.6 is 23.2 Å². The van der Waals surface area contributed by atoms with E-state index < -0.39 is 0 Å². The summed E-state index contributed by atoms with van der Waals surface area (Å²) in [6.07, 6.45) is 0.393. The molecule has 0 aliphatic carbocycles. The van der Waals surface area contributed by atoms with Gasteiger partial charge in [-0.05, 0) is 36.8 Å². The predicted octanol–water partition coefficient (Wildman–Crippen LogP) is 3.17. The molecule has 5 rings (SSSR count). The van der Waals surface area contributed by atoms with Gasteiger partial charge in [0.05, 0.1) is 11.7 Å². The number of fused-ring (bicyclic) bond motifs is 1. The van der Waals surface area contributed by atoms with E-state index in [1.54, 1.807) is 16.8 Å². The van der Waals surface area contributed by atoms with Crippen LogP contribution in [0.5, 0.6) is 0 Å². The Bertz CT molecular complexity index is 1100. The number of aromatic nitrogens is 4. The average molecular weight is 444 g/mol. The second kappa shape index (κ2) is 7.63. The molecule has 3 N–H and O–H groups in total. The molecule has 1 saturated heterocycles. The maximum atomic E-state index is 12.7. The third-order valence-electron chi connectivity index (χ3n) is 5.74. The van der Waals surface area contributed by atoms with Gasteiger partial charge in [-0.2, -0.15) is 9.78 Å². The van der Waals surface area contributed by atoms with Gasteiger partial charge in [0.1, 0.15) is 5.82 Å². The van der Waals surface area contributed by atoms with Gasteiger partial charge in [-0.15, -0.1) is 10.2 Å². The molecule has 1 aromatic carbocycles. The lowest BCUT2D eigenvalue weighted by Gasteiger charge is -2.31. The van der Waals surface area contributed by atoms with Crippen LogP contribution in [-0.2, 0) is 4.79 Å². The van der Waals surface area contributed by atoms with Gasteiger partial charge in [-0.1, -0.05) is 35.3 Å². The summed E-state index contributed by atoms with van der Waals surface area (Å²) in [5.74, 6) is 1.25. The molecule has 3 unspecified atom stereocenters. The molecule has 4 heterocycles. The Morgan fingerprint density at radius 3 is 2.63 bits per heavy atom. The largest absolute Gasteiger partial charge is 0.310 e. The van der Waals surface area contributed by atoms with E-state index in [4.69, 9.17) is 23.2 Å². The van der Waals surface area contributed by atoms with E-state index in [1.807, 2.05) is 31.2 Å². The second-order valence-corrected chi connectivity index (χ2v) is 8.37. The summed E-state index contributed by atoms with van der Waals surface area (Å²) in [5.41, 5.74) is 9.63. The van der Waals surface area contributed by atoms with Crippen molar-refractivity contribution in [3.05, 3.63) is 63.4 Å². The molecule has 2 aliphatic heterocycles. The number of hydrazine groups is 1. The zero-order valence-electron chi connectivity index (χ0n) is 16.1. The summed E-state index contributed by atoms with van der Waals surface area (Å²) >= 11 is 11.9. The van der Waals surface area contributed by atoms with E-state index in [0.29, 0.717) is 28.2 Å². The van der Waals surface area contributed by atoms with Crippen molar-refractivity contribution in [3.8, 4) is 5.82 Å². The Labute approximate surface area is 182 Å². The third kappa shape index (κ3) is 3.35. The summed E-state index contributed by atoms with van der Waals surface area (Å²) in [6, 6.07) is 11.2. The van der Waals surface area contributed by atoms with Crippen molar-refractivity contribution in [2.45, 2.75) is 25.3 Å². The molecular weight excluding hydrogens is 425 g/mol. The summed E-state index contributed by atoms with van der Waals surface area (Å²) in [4.78, 5) is 12.7. The van der Waals surface area contributed by atoms with Gasteiger partial charge in [-0.3, -0.25) is 10.2 Å². The van der Waals surface area contributed by atoms with E-state index in [-0.39, 0.29) is 23.8 Å². The van der Waals surface area contributed by atoms with Crippen LogP contribution in [0.2, 0.25) is 10.2 Å². The third-order valence-corrected chi connectivity index (χ3v) is 6.20. The molecular formula is C20H19Cl2N7O. The van der Waals surface area contributed by atoms with Gasteiger partial charge in [0, 0.05) is 35.4 Å². The number of rotatable bonds is 3. The number of anilines is 1. The number of carbonyl (C=O) groups excluding carboxylic acids is 1. The molecule has 1 fully saturated rings. The molecule has 1 amide bonds. The van der Waals surface area contributed by atoms with Crippen LogP contribution < -0.4 is 16.2 Å². The summed E-state index contributed by atoms with van der Waals surface area (Å²) in [6.45, 7) is 2.69. The number of carbonyl (C=O) groups is 1. The maximum Gasteiger partial charge on any atom is 0.226 e. The van der Waals surface area contributed by atoms with Crippen LogP contribution in [-0.4, -0.2) is 32.4 Å². The van der Waals surface area contributed by atoms with Crippen molar-refractivity contribution in [2.24, 2.45) is 5.92 Å². The highest BCUT2D eigenvalue weighted by molar-refractivity contribution is 6.30. The number of nitrogens with zero attached hydrogens (tertiary/aromatic N) is 4. The molecule has 0 bridgehead atoms. The highest BCUT2D eigenvalue weighted by Gasteiger charge is 2.42. The Morgan fingerprint density at radius 2 is 1.90 bits per heavy atom. The Balaban J connectivity index is 1.56. The zero-order chi connectivity index (χ0) is 20.8. The first-order valence-electron chi connectivity index (χ1n) is 9.64. The number of hydrogen-bond acceptors (Lipinski definition) is 6. The quantitative estimate of drug-likeness (QED) is 0.575. The van der Waals surface area contributed by atoms with Crippen LogP contribution in [0.3, 0.4) is 0 Å². The lowest BCUT2D eigenvalue weighted by atomic mass is 9.76. The van der Waals surface area contributed by atoms with E-state index in [9.17, 15) is 4.79 Å². The smallest absolute Gasteiger partial charge is 0.226 e. The van der Waals surface area contributed by atoms with Crippen molar-refractivity contribution in [1.29, 1.82) is 0 Å². The highest BCUT2D eigenvalue weighted by atomic mass is 35.5. The fourth-order valence-corrected chi connectivity index (χ4v) is 4.66. The van der Waals surface area contributed by atoms with Crippen molar-refractivity contribution in [1.82, 2.24) is 30.8 Å². The molecule has 0 radical (unpaired) electrons. The van der Waals surface area contributed by atoms with Crippen LogP contribution in [0, 0.1) is 12.8 Å². The number of amides is 1. The maximum absolute atomic E-state index is 12.7. The molecule has 8 nitrogen and oxygen atoms in total. The second-order valence-electron chi connectivity index (χ2n) is 7.55. The highest BCUT2D eigenvalue weighted by Crippen LogP contribution is 2.45. The molecule has 3 atom stereocenters. The Kier molecular flexibility index (Phi) is 4.94. The van der Waals surface area contributed by atoms with Crippen molar-refractivity contribution >= 4 is 34.9 Å². The first kappa shape index (κ1) is 19.4. The first-order valence-corrected chi connectivity index (χ1v) is 10.4. The topological polar surface area (TPSA) is 96.8 Å². The van der Waals surface area contributed by atoms with Gasteiger partial charge < -0.3 is 5.32 Å². The summed E-state index contributed by atoms with van der Waals surface area (Å²) in [7, 11) is 0. The fraction of sp³-hybridized carbons (Fsp3) is 0.300. The molecule has 2 aliphatic rings. The standard InChI is InChI=1S/C20H19Cl2N7O/c1-10-18-13(14-9-23-27-19(14)11-2-4-12(21)5-3-11)8-17(30)24-20(18)29(28-10)16-7-6-15(22)25-26-16/h2-7,13-14,19,23,27H,8-9H2,1H3,(H,24,30). The van der Waals surface area contributed by atoms with Gasteiger partial charge in [0.15, 0.2) is 11.0 Å². The van der Waals surface area contributed by atoms with Crippen molar-refractivity contribution in [2.75, 3.05) is 11.9 Å². The van der Waals surface area contributed by atoms with Crippen molar-refractivity contribution < 1.29 is 4.79 Å².